The summed E-state index contributed by atoms with van der Waals surface area (Å²) in [6.45, 7) is 4.00. The van der Waals surface area contributed by atoms with Crippen molar-refractivity contribution in [1.82, 2.24) is 0 Å². The highest BCUT2D eigenvalue weighted by Gasteiger charge is 2.07. The molecule has 2 rings (SSSR count). The number of rotatable bonds is 4. The molecule has 20 heavy (non-hydrogen) atoms. The van der Waals surface area contributed by atoms with E-state index in [1.165, 1.54) is 0 Å². The molecule has 0 heterocycles. The van der Waals surface area contributed by atoms with Gasteiger partial charge < -0.3 is 5.32 Å². The number of carbonyl (C=O) groups is 1. The van der Waals surface area contributed by atoms with Crippen molar-refractivity contribution in [2.45, 2.75) is 26.7 Å². The molecule has 0 aromatic heterocycles. The van der Waals surface area contributed by atoms with Crippen LogP contribution in [0.5, 0.6) is 0 Å². The highest BCUT2D eigenvalue weighted by molar-refractivity contribution is 6.30. The van der Waals surface area contributed by atoms with Gasteiger partial charge in [-0.1, -0.05) is 41.9 Å². The fourth-order valence-corrected chi connectivity index (χ4v) is 2.38. The summed E-state index contributed by atoms with van der Waals surface area (Å²) in [6, 6.07) is 13.6. The van der Waals surface area contributed by atoms with Crippen LogP contribution >= 0.6 is 11.6 Å². The first kappa shape index (κ1) is 14.6. The number of aryl methyl sites for hydroxylation is 3. The van der Waals surface area contributed by atoms with Crippen LogP contribution < -0.4 is 5.32 Å². The third-order valence-electron chi connectivity index (χ3n) is 3.28. The van der Waals surface area contributed by atoms with Crippen LogP contribution in [0, 0.1) is 13.8 Å². The summed E-state index contributed by atoms with van der Waals surface area (Å²) in [7, 11) is 0. The molecular weight excluding hydrogens is 270 g/mol. The fourth-order valence-electron chi connectivity index (χ4n) is 2.16. The van der Waals surface area contributed by atoms with Gasteiger partial charge in [0, 0.05) is 17.1 Å². The van der Waals surface area contributed by atoms with Crippen LogP contribution in [-0.2, 0) is 11.2 Å². The van der Waals surface area contributed by atoms with E-state index in [2.05, 4.69) is 5.32 Å². The Morgan fingerprint density at radius 1 is 1.10 bits per heavy atom. The van der Waals surface area contributed by atoms with Crippen LogP contribution in [0.15, 0.2) is 42.5 Å². The minimum atomic E-state index is 0.0300. The number of nitrogens with one attached hydrogen (secondary N) is 1. The standard InChI is InChI=1S/C17H18ClNO/c1-12-5-3-6-13(2)17(12)19-16(20)10-9-14-7-4-8-15(18)11-14/h3-8,11H,9-10H2,1-2H3,(H,19,20). The smallest absolute Gasteiger partial charge is 0.224 e. The molecule has 0 atom stereocenters. The second-order valence-electron chi connectivity index (χ2n) is 4.94. The average molecular weight is 288 g/mol. The molecule has 2 aromatic carbocycles. The van der Waals surface area contributed by atoms with Crippen molar-refractivity contribution in [2.24, 2.45) is 0 Å². The Hall–Kier alpha value is -1.80. The molecule has 2 aromatic rings. The number of hydrogen-bond acceptors (Lipinski definition) is 1. The van der Waals surface area contributed by atoms with E-state index in [0.29, 0.717) is 17.9 Å². The van der Waals surface area contributed by atoms with Crippen molar-refractivity contribution in [3.63, 3.8) is 0 Å². The lowest BCUT2D eigenvalue weighted by molar-refractivity contribution is -0.116. The topological polar surface area (TPSA) is 29.1 Å². The molecule has 0 spiro atoms. The van der Waals surface area contributed by atoms with Crippen molar-refractivity contribution in [2.75, 3.05) is 5.32 Å². The van der Waals surface area contributed by atoms with E-state index < -0.39 is 0 Å². The summed E-state index contributed by atoms with van der Waals surface area (Å²) >= 11 is 5.93. The number of amides is 1. The Kier molecular flexibility index (Phi) is 4.80. The molecule has 0 radical (unpaired) electrons. The first-order valence-corrected chi connectivity index (χ1v) is 7.04. The summed E-state index contributed by atoms with van der Waals surface area (Å²) in [5.74, 6) is 0.0300. The first-order chi connectivity index (χ1) is 9.56. The highest BCUT2D eigenvalue weighted by atomic mass is 35.5. The van der Waals surface area contributed by atoms with Gasteiger partial charge in [0.2, 0.25) is 5.91 Å². The Bertz CT molecular complexity index is 602. The molecule has 0 unspecified atom stereocenters. The maximum absolute atomic E-state index is 12.0. The molecule has 0 saturated carbocycles. The molecule has 0 fully saturated rings. The van der Waals surface area contributed by atoms with Crippen molar-refractivity contribution >= 4 is 23.2 Å². The van der Waals surface area contributed by atoms with E-state index >= 15 is 0 Å². The maximum atomic E-state index is 12.0. The average Bonchev–Trinajstić information content (AvgIpc) is 2.41. The first-order valence-electron chi connectivity index (χ1n) is 6.67. The molecule has 0 bridgehead atoms. The van der Waals surface area contributed by atoms with Crippen LogP contribution in [0.1, 0.15) is 23.1 Å². The largest absolute Gasteiger partial charge is 0.326 e. The quantitative estimate of drug-likeness (QED) is 0.879. The van der Waals surface area contributed by atoms with Crippen molar-refractivity contribution in [3.05, 3.63) is 64.2 Å². The van der Waals surface area contributed by atoms with E-state index in [-0.39, 0.29) is 5.91 Å². The SMILES string of the molecule is Cc1cccc(C)c1NC(=O)CCc1cccc(Cl)c1. The fraction of sp³-hybridized carbons (Fsp3) is 0.235. The van der Waals surface area contributed by atoms with Gasteiger partial charge in [0.15, 0.2) is 0 Å². The molecule has 3 heteroatoms. The molecule has 1 amide bonds. The number of halogens is 1. The molecule has 1 N–H and O–H groups in total. The monoisotopic (exact) mass is 287 g/mol. The number of para-hydroxylation sites is 1. The number of anilines is 1. The summed E-state index contributed by atoms with van der Waals surface area (Å²) in [5.41, 5.74) is 4.17. The second-order valence-corrected chi connectivity index (χ2v) is 5.38. The predicted octanol–water partition coefficient (Wildman–Crippen LogP) is 4.53. The lowest BCUT2D eigenvalue weighted by Crippen LogP contribution is -2.14. The van der Waals surface area contributed by atoms with Crippen molar-refractivity contribution in [3.8, 4) is 0 Å². The minimum absolute atomic E-state index is 0.0300. The zero-order chi connectivity index (χ0) is 14.5. The molecule has 2 nitrogen and oxygen atoms in total. The van der Waals surface area contributed by atoms with Gasteiger partial charge in [-0.15, -0.1) is 0 Å². The second kappa shape index (κ2) is 6.58. The summed E-state index contributed by atoms with van der Waals surface area (Å²) in [5, 5.41) is 3.70. The zero-order valence-electron chi connectivity index (χ0n) is 11.7. The Morgan fingerprint density at radius 3 is 2.40 bits per heavy atom. The summed E-state index contributed by atoms with van der Waals surface area (Å²) < 4.78 is 0. The van der Waals surface area contributed by atoms with Crippen LogP contribution in [0.3, 0.4) is 0 Å². The molecular formula is C17H18ClNO. The normalized spacial score (nSPS) is 10.3. The molecule has 104 valence electrons. The Labute approximate surface area is 124 Å². The summed E-state index contributed by atoms with van der Waals surface area (Å²) in [4.78, 5) is 12.0. The van der Waals surface area contributed by atoms with Gasteiger partial charge in [-0.2, -0.15) is 0 Å². The van der Waals surface area contributed by atoms with E-state index in [1.807, 2.05) is 56.3 Å². The van der Waals surface area contributed by atoms with Gasteiger partial charge >= 0.3 is 0 Å². The van der Waals surface area contributed by atoms with E-state index in [0.717, 1.165) is 22.4 Å². The van der Waals surface area contributed by atoms with Crippen molar-refractivity contribution < 1.29 is 4.79 Å². The summed E-state index contributed by atoms with van der Waals surface area (Å²) in [6.07, 6.45) is 1.14. The lowest BCUT2D eigenvalue weighted by atomic mass is 10.1. The predicted molar refractivity (Wildman–Crippen MR) is 84.3 cm³/mol. The maximum Gasteiger partial charge on any atom is 0.224 e. The van der Waals surface area contributed by atoms with E-state index in [9.17, 15) is 4.79 Å². The van der Waals surface area contributed by atoms with E-state index in [4.69, 9.17) is 11.6 Å². The van der Waals surface area contributed by atoms with Crippen LogP contribution in [0.2, 0.25) is 5.02 Å². The lowest BCUT2D eigenvalue weighted by Gasteiger charge is -2.11. The number of carbonyl (C=O) groups excluding carboxylic acids is 1. The van der Waals surface area contributed by atoms with Gasteiger partial charge in [-0.05, 0) is 49.1 Å². The van der Waals surface area contributed by atoms with Crippen LogP contribution in [0.4, 0.5) is 5.69 Å². The van der Waals surface area contributed by atoms with Crippen LogP contribution in [0.25, 0.3) is 0 Å². The minimum Gasteiger partial charge on any atom is -0.326 e. The third-order valence-corrected chi connectivity index (χ3v) is 3.51. The van der Waals surface area contributed by atoms with Gasteiger partial charge in [0.05, 0.1) is 0 Å². The van der Waals surface area contributed by atoms with Crippen LogP contribution in [-0.4, -0.2) is 5.91 Å². The zero-order valence-corrected chi connectivity index (χ0v) is 12.5. The third kappa shape index (κ3) is 3.84. The van der Waals surface area contributed by atoms with E-state index in [1.54, 1.807) is 0 Å². The molecule has 0 aliphatic carbocycles. The molecule has 0 aliphatic heterocycles. The number of benzene rings is 2. The van der Waals surface area contributed by atoms with Gasteiger partial charge in [-0.3, -0.25) is 4.79 Å². The Balaban J connectivity index is 1.96. The number of hydrogen-bond donors (Lipinski definition) is 1. The van der Waals surface area contributed by atoms with Gasteiger partial charge in [0.25, 0.3) is 0 Å². The van der Waals surface area contributed by atoms with Gasteiger partial charge in [0.1, 0.15) is 0 Å². The Morgan fingerprint density at radius 2 is 1.75 bits per heavy atom. The van der Waals surface area contributed by atoms with Gasteiger partial charge in [-0.25, -0.2) is 0 Å². The van der Waals surface area contributed by atoms with Crippen molar-refractivity contribution in [1.29, 1.82) is 0 Å². The highest BCUT2D eigenvalue weighted by Crippen LogP contribution is 2.20. The molecule has 0 aliphatic rings. The molecule has 0 saturated heterocycles.